The second-order valence-electron chi connectivity index (χ2n) is 4.92. The molecule has 0 unspecified atom stereocenters. The van der Waals surface area contributed by atoms with Gasteiger partial charge in [-0.25, -0.2) is 14.1 Å². The Labute approximate surface area is 139 Å². The highest BCUT2D eigenvalue weighted by Crippen LogP contribution is 2.22. The molecule has 0 spiro atoms. The standard InChI is InChI=1S/C15H13FN4O3S/c1-8(14(22)23-2)24-15-18-12-11(13(21)19-15)7-17-20(12)10-5-3-9(16)4-6-10/h3-8H,1-2H3,(H,18,19,21)/t8-/m0/s1. The molecule has 0 aliphatic heterocycles. The number of methoxy groups -OCH3 is 1. The van der Waals surface area contributed by atoms with E-state index in [4.69, 9.17) is 0 Å². The number of thioether (sulfide) groups is 1. The number of aromatic nitrogens is 4. The van der Waals surface area contributed by atoms with E-state index < -0.39 is 11.2 Å². The van der Waals surface area contributed by atoms with Gasteiger partial charge in [0, 0.05) is 0 Å². The summed E-state index contributed by atoms with van der Waals surface area (Å²) < 4.78 is 19.2. The summed E-state index contributed by atoms with van der Waals surface area (Å²) in [4.78, 5) is 30.7. The lowest BCUT2D eigenvalue weighted by Crippen LogP contribution is -2.17. The Hall–Kier alpha value is -2.68. The predicted molar refractivity (Wildman–Crippen MR) is 86.8 cm³/mol. The van der Waals surface area contributed by atoms with Crippen LogP contribution >= 0.6 is 11.8 Å². The highest BCUT2D eigenvalue weighted by atomic mass is 32.2. The predicted octanol–water partition coefficient (Wildman–Crippen LogP) is 1.90. The summed E-state index contributed by atoms with van der Waals surface area (Å²) in [6.07, 6.45) is 1.39. The van der Waals surface area contributed by atoms with Crippen molar-refractivity contribution in [3.8, 4) is 5.69 Å². The topological polar surface area (TPSA) is 89.9 Å². The fourth-order valence-electron chi connectivity index (χ4n) is 2.11. The molecule has 0 saturated carbocycles. The van der Waals surface area contributed by atoms with Gasteiger partial charge in [0.2, 0.25) is 0 Å². The molecule has 7 nitrogen and oxygen atoms in total. The van der Waals surface area contributed by atoms with Crippen molar-refractivity contribution in [3.05, 3.63) is 46.6 Å². The van der Waals surface area contributed by atoms with Crippen LogP contribution in [-0.2, 0) is 9.53 Å². The van der Waals surface area contributed by atoms with Gasteiger partial charge in [-0.15, -0.1) is 0 Å². The van der Waals surface area contributed by atoms with Crippen LogP contribution in [-0.4, -0.2) is 38.1 Å². The maximum absolute atomic E-state index is 13.1. The van der Waals surface area contributed by atoms with E-state index in [-0.39, 0.29) is 16.5 Å². The van der Waals surface area contributed by atoms with Crippen molar-refractivity contribution < 1.29 is 13.9 Å². The van der Waals surface area contributed by atoms with Crippen LogP contribution in [0.15, 0.2) is 40.4 Å². The fourth-order valence-corrected chi connectivity index (χ4v) is 2.93. The first kappa shape index (κ1) is 16.2. The molecule has 0 bridgehead atoms. The lowest BCUT2D eigenvalue weighted by molar-refractivity contribution is -0.139. The summed E-state index contributed by atoms with van der Waals surface area (Å²) in [5.74, 6) is -0.793. The number of hydrogen-bond acceptors (Lipinski definition) is 6. The van der Waals surface area contributed by atoms with Gasteiger partial charge in [-0.1, -0.05) is 11.8 Å². The van der Waals surface area contributed by atoms with Crippen LogP contribution in [0.4, 0.5) is 4.39 Å². The number of nitrogens with one attached hydrogen (secondary N) is 1. The van der Waals surface area contributed by atoms with Gasteiger partial charge in [-0.05, 0) is 31.2 Å². The molecule has 24 heavy (non-hydrogen) atoms. The van der Waals surface area contributed by atoms with E-state index in [9.17, 15) is 14.0 Å². The van der Waals surface area contributed by atoms with Gasteiger partial charge in [0.25, 0.3) is 5.56 Å². The van der Waals surface area contributed by atoms with Crippen LogP contribution < -0.4 is 5.56 Å². The SMILES string of the molecule is COC(=O)[C@H](C)Sc1nc2c(cnn2-c2ccc(F)cc2)c(=O)[nH]1. The maximum atomic E-state index is 13.1. The van der Waals surface area contributed by atoms with E-state index in [0.29, 0.717) is 16.7 Å². The lowest BCUT2D eigenvalue weighted by Gasteiger charge is -2.08. The molecule has 3 aromatic rings. The van der Waals surface area contributed by atoms with Gasteiger partial charge in [0.15, 0.2) is 10.8 Å². The first-order valence-electron chi connectivity index (χ1n) is 6.98. The molecule has 1 atom stereocenters. The second kappa shape index (κ2) is 6.44. The number of carbonyl (C=O) groups excluding carboxylic acids is 1. The average molecular weight is 348 g/mol. The number of aromatic amines is 1. The molecule has 1 N–H and O–H groups in total. The van der Waals surface area contributed by atoms with Crippen LogP contribution in [0.1, 0.15) is 6.92 Å². The highest BCUT2D eigenvalue weighted by molar-refractivity contribution is 8.00. The summed E-state index contributed by atoms with van der Waals surface area (Å²) in [7, 11) is 1.29. The van der Waals surface area contributed by atoms with Crippen molar-refractivity contribution in [2.75, 3.05) is 7.11 Å². The van der Waals surface area contributed by atoms with Crippen LogP contribution in [0, 0.1) is 5.82 Å². The van der Waals surface area contributed by atoms with E-state index in [1.807, 2.05) is 0 Å². The molecule has 0 aliphatic rings. The second-order valence-corrected chi connectivity index (χ2v) is 6.25. The Bertz CT molecular complexity index is 952. The van der Waals surface area contributed by atoms with Crippen molar-refractivity contribution in [1.29, 1.82) is 0 Å². The van der Waals surface area contributed by atoms with Crippen LogP contribution in [0.5, 0.6) is 0 Å². The summed E-state index contributed by atoms with van der Waals surface area (Å²) >= 11 is 1.07. The first-order valence-corrected chi connectivity index (χ1v) is 7.86. The van der Waals surface area contributed by atoms with Crippen LogP contribution in [0.2, 0.25) is 0 Å². The molecule has 2 aromatic heterocycles. The van der Waals surface area contributed by atoms with Gasteiger partial charge in [0.05, 0.1) is 19.0 Å². The summed E-state index contributed by atoms with van der Waals surface area (Å²) in [6, 6.07) is 5.67. The molecule has 0 amide bonds. The van der Waals surface area contributed by atoms with E-state index in [1.54, 1.807) is 6.92 Å². The average Bonchev–Trinajstić information content (AvgIpc) is 2.99. The quantitative estimate of drug-likeness (QED) is 0.440. The molecule has 124 valence electrons. The van der Waals surface area contributed by atoms with E-state index in [1.165, 1.54) is 42.3 Å². The molecule has 2 heterocycles. The van der Waals surface area contributed by atoms with Crippen molar-refractivity contribution in [1.82, 2.24) is 19.7 Å². The minimum absolute atomic E-state index is 0.272. The lowest BCUT2D eigenvalue weighted by atomic mass is 10.3. The molecule has 0 aliphatic carbocycles. The number of fused-ring (bicyclic) bond motifs is 1. The third-order valence-electron chi connectivity index (χ3n) is 3.31. The Morgan fingerprint density at radius 1 is 1.38 bits per heavy atom. The Kier molecular flexibility index (Phi) is 4.34. The normalized spacial score (nSPS) is 12.3. The number of ether oxygens (including phenoxy) is 1. The van der Waals surface area contributed by atoms with Gasteiger partial charge in [-0.2, -0.15) is 5.10 Å². The van der Waals surface area contributed by atoms with Crippen LogP contribution in [0.25, 0.3) is 16.7 Å². The Balaban J connectivity index is 2.05. The smallest absolute Gasteiger partial charge is 0.318 e. The number of H-pyrrole nitrogens is 1. The number of carbonyl (C=O) groups is 1. The van der Waals surface area contributed by atoms with Crippen molar-refractivity contribution in [2.24, 2.45) is 0 Å². The molecule has 1 aromatic carbocycles. The van der Waals surface area contributed by atoms with Crippen LogP contribution in [0.3, 0.4) is 0 Å². The Morgan fingerprint density at radius 3 is 2.75 bits per heavy atom. The maximum Gasteiger partial charge on any atom is 0.318 e. The van der Waals surface area contributed by atoms with E-state index in [2.05, 4.69) is 19.8 Å². The number of hydrogen-bond donors (Lipinski definition) is 1. The molecule has 0 saturated heterocycles. The molecule has 0 fully saturated rings. The van der Waals surface area contributed by atoms with Gasteiger partial charge in [0.1, 0.15) is 16.5 Å². The third kappa shape index (κ3) is 3.02. The zero-order valence-corrected chi connectivity index (χ0v) is 13.6. The number of esters is 1. The minimum atomic E-state index is -0.530. The van der Waals surface area contributed by atoms with Crippen molar-refractivity contribution in [2.45, 2.75) is 17.3 Å². The molecule has 3 rings (SSSR count). The van der Waals surface area contributed by atoms with Gasteiger partial charge in [-0.3, -0.25) is 9.59 Å². The fraction of sp³-hybridized carbons (Fsp3) is 0.200. The molecular formula is C15H13FN4O3S. The number of nitrogens with zero attached hydrogens (tertiary/aromatic N) is 3. The number of benzene rings is 1. The summed E-state index contributed by atoms with van der Waals surface area (Å²) in [5.41, 5.74) is 0.527. The van der Waals surface area contributed by atoms with Crippen molar-refractivity contribution in [3.63, 3.8) is 0 Å². The summed E-state index contributed by atoms with van der Waals surface area (Å²) in [6.45, 7) is 1.65. The molecular weight excluding hydrogens is 335 g/mol. The van der Waals surface area contributed by atoms with Gasteiger partial charge < -0.3 is 9.72 Å². The molecule has 0 radical (unpaired) electrons. The summed E-state index contributed by atoms with van der Waals surface area (Å²) in [5, 5.41) is 4.18. The van der Waals surface area contributed by atoms with Crippen molar-refractivity contribution >= 4 is 28.8 Å². The number of rotatable bonds is 4. The van der Waals surface area contributed by atoms with E-state index >= 15 is 0 Å². The molecule has 9 heteroatoms. The highest BCUT2D eigenvalue weighted by Gasteiger charge is 2.18. The first-order chi connectivity index (χ1) is 11.5. The minimum Gasteiger partial charge on any atom is -0.468 e. The van der Waals surface area contributed by atoms with Gasteiger partial charge >= 0.3 is 5.97 Å². The zero-order chi connectivity index (χ0) is 17.3. The van der Waals surface area contributed by atoms with E-state index in [0.717, 1.165) is 11.8 Å². The monoisotopic (exact) mass is 348 g/mol. The number of halogens is 1. The zero-order valence-electron chi connectivity index (χ0n) is 12.8. The third-order valence-corrected chi connectivity index (χ3v) is 4.27. The largest absolute Gasteiger partial charge is 0.468 e. The Morgan fingerprint density at radius 2 is 2.08 bits per heavy atom.